The molecule has 1 aliphatic heterocycles. The van der Waals surface area contributed by atoms with Gasteiger partial charge in [-0.1, -0.05) is 24.3 Å². The number of hydrogen-bond acceptors (Lipinski definition) is 3. The van der Waals surface area contributed by atoms with Crippen LogP contribution in [0, 0.1) is 0 Å². The number of fused-ring (bicyclic) bond motifs is 1. The maximum atomic E-state index is 12.0. The van der Waals surface area contributed by atoms with Gasteiger partial charge in [0.15, 0.2) is 0 Å². The summed E-state index contributed by atoms with van der Waals surface area (Å²) in [5.41, 5.74) is 2.46. The fourth-order valence-electron chi connectivity index (χ4n) is 2.28. The van der Waals surface area contributed by atoms with Gasteiger partial charge in [0.1, 0.15) is 0 Å². The first-order valence-corrected chi connectivity index (χ1v) is 8.05. The fourth-order valence-corrected chi connectivity index (χ4v) is 3.37. The van der Waals surface area contributed by atoms with E-state index < -0.39 is 15.3 Å². The number of ether oxygens (including phenoxy) is 1. The first kappa shape index (κ1) is 14.5. The molecule has 0 N–H and O–H groups in total. The minimum Gasteiger partial charge on any atom is -0.372 e. The van der Waals surface area contributed by atoms with Gasteiger partial charge in [-0.25, -0.2) is 12.7 Å². The molecule has 0 aromatic heterocycles. The van der Waals surface area contributed by atoms with E-state index >= 15 is 0 Å². The highest BCUT2D eigenvalue weighted by atomic mass is 32.2. The molecule has 106 valence electrons. The van der Waals surface area contributed by atoms with Crippen molar-refractivity contribution in [2.75, 3.05) is 13.6 Å². The lowest BCUT2D eigenvalue weighted by Crippen LogP contribution is -2.41. The van der Waals surface area contributed by atoms with Crippen LogP contribution in [0.2, 0.25) is 0 Å². The Morgan fingerprint density at radius 1 is 1.32 bits per heavy atom. The molecule has 1 aromatic carbocycles. The number of nitrogens with zero attached hydrogens (tertiary/aromatic N) is 1. The molecule has 2 rings (SSSR count). The fraction of sp³-hybridized carbons (Fsp3) is 0.571. The number of rotatable bonds is 4. The first-order valence-electron chi connectivity index (χ1n) is 6.55. The predicted molar refractivity (Wildman–Crippen MR) is 75.4 cm³/mol. The highest BCUT2D eigenvalue weighted by Crippen LogP contribution is 2.21. The number of hydrogen-bond donors (Lipinski definition) is 0. The molecule has 0 spiro atoms. The largest absolute Gasteiger partial charge is 0.372 e. The van der Waals surface area contributed by atoms with Gasteiger partial charge < -0.3 is 4.74 Å². The molecule has 1 heterocycles. The highest BCUT2D eigenvalue weighted by Gasteiger charge is 2.27. The number of benzene rings is 1. The van der Waals surface area contributed by atoms with Crippen LogP contribution in [0.25, 0.3) is 0 Å². The minimum atomic E-state index is -3.20. The Morgan fingerprint density at radius 3 is 2.58 bits per heavy atom. The summed E-state index contributed by atoms with van der Waals surface area (Å²) in [5, 5.41) is -0.395. The van der Waals surface area contributed by atoms with Crippen LogP contribution >= 0.6 is 0 Å². The predicted octanol–water partition coefficient (Wildman–Crippen LogP) is 1.80. The van der Waals surface area contributed by atoms with Crippen molar-refractivity contribution in [3.8, 4) is 0 Å². The van der Waals surface area contributed by atoms with E-state index in [1.54, 1.807) is 20.9 Å². The van der Waals surface area contributed by atoms with E-state index in [1.165, 1.54) is 15.4 Å². The lowest BCUT2D eigenvalue weighted by atomic mass is 9.99. The van der Waals surface area contributed by atoms with Crippen molar-refractivity contribution in [2.24, 2.45) is 0 Å². The highest BCUT2D eigenvalue weighted by molar-refractivity contribution is 7.89. The summed E-state index contributed by atoms with van der Waals surface area (Å²) in [4.78, 5) is 0. The van der Waals surface area contributed by atoms with Crippen molar-refractivity contribution in [1.29, 1.82) is 0 Å². The maximum absolute atomic E-state index is 12.0. The van der Waals surface area contributed by atoms with E-state index in [1.807, 2.05) is 12.1 Å². The summed E-state index contributed by atoms with van der Waals surface area (Å²) in [6.45, 7) is 4.37. The second-order valence-corrected chi connectivity index (χ2v) is 7.88. The van der Waals surface area contributed by atoms with Crippen LogP contribution in [0.3, 0.4) is 0 Å². The molecule has 0 radical (unpaired) electrons. The van der Waals surface area contributed by atoms with Gasteiger partial charge in [-0.05, 0) is 25.0 Å². The summed E-state index contributed by atoms with van der Waals surface area (Å²) < 4.78 is 31.2. The molecular weight excluding hydrogens is 262 g/mol. The molecule has 0 saturated carbocycles. The van der Waals surface area contributed by atoms with Crippen LogP contribution in [0.4, 0.5) is 0 Å². The second-order valence-electron chi connectivity index (χ2n) is 5.28. The van der Waals surface area contributed by atoms with Crippen LogP contribution in [0.1, 0.15) is 25.0 Å². The monoisotopic (exact) mass is 283 g/mol. The first-order chi connectivity index (χ1) is 8.91. The van der Waals surface area contributed by atoms with Crippen LogP contribution in [0.15, 0.2) is 24.3 Å². The Bertz CT molecular complexity index is 539. The lowest BCUT2D eigenvalue weighted by molar-refractivity contribution is 0.0201. The van der Waals surface area contributed by atoms with Crippen molar-refractivity contribution < 1.29 is 13.2 Å². The molecular formula is C14H21NO3S. The maximum Gasteiger partial charge on any atom is 0.216 e. The van der Waals surface area contributed by atoms with Gasteiger partial charge in [-0.3, -0.25) is 0 Å². The van der Waals surface area contributed by atoms with Gasteiger partial charge in [0.05, 0.1) is 18.0 Å². The molecule has 19 heavy (non-hydrogen) atoms. The van der Waals surface area contributed by atoms with E-state index in [2.05, 4.69) is 12.1 Å². The SMILES string of the molecule is CC(C)S(=O)(=O)N(C)CC1Cc2ccccc2CO1. The molecule has 1 atom stereocenters. The van der Waals surface area contributed by atoms with Gasteiger partial charge in [-0.15, -0.1) is 0 Å². The Morgan fingerprint density at radius 2 is 1.95 bits per heavy atom. The summed E-state index contributed by atoms with van der Waals surface area (Å²) >= 11 is 0. The standard InChI is InChI=1S/C14H21NO3S/c1-11(2)19(16,17)15(3)9-14-8-12-6-4-5-7-13(12)10-18-14/h4-7,11,14H,8-10H2,1-3H3. The van der Waals surface area contributed by atoms with Crippen molar-refractivity contribution in [3.63, 3.8) is 0 Å². The number of sulfonamides is 1. The normalized spacial score (nSPS) is 19.7. The summed E-state index contributed by atoms with van der Waals surface area (Å²) in [6, 6.07) is 8.15. The quantitative estimate of drug-likeness (QED) is 0.846. The third-order valence-corrected chi connectivity index (χ3v) is 5.74. The molecule has 0 saturated heterocycles. The number of likely N-dealkylation sites (N-methyl/N-ethyl adjacent to an activating group) is 1. The summed E-state index contributed by atoms with van der Waals surface area (Å²) in [6.07, 6.45) is 0.710. The molecule has 1 aliphatic rings. The Labute approximate surface area is 115 Å². The second kappa shape index (κ2) is 5.61. The zero-order chi connectivity index (χ0) is 14.0. The molecule has 0 aliphatic carbocycles. The van der Waals surface area contributed by atoms with E-state index in [0.29, 0.717) is 13.2 Å². The van der Waals surface area contributed by atoms with Gasteiger partial charge in [0, 0.05) is 20.0 Å². The Balaban J connectivity index is 2.03. The third-order valence-electron chi connectivity index (χ3n) is 3.53. The zero-order valence-electron chi connectivity index (χ0n) is 11.7. The van der Waals surface area contributed by atoms with Crippen molar-refractivity contribution in [1.82, 2.24) is 4.31 Å². The molecule has 4 nitrogen and oxygen atoms in total. The van der Waals surface area contributed by atoms with Crippen molar-refractivity contribution >= 4 is 10.0 Å². The van der Waals surface area contributed by atoms with E-state index in [-0.39, 0.29) is 6.10 Å². The average molecular weight is 283 g/mol. The molecule has 0 fully saturated rings. The van der Waals surface area contributed by atoms with Crippen LogP contribution in [-0.2, 0) is 27.8 Å². The molecule has 1 unspecified atom stereocenters. The molecule has 1 aromatic rings. The molecule has 0 bridgehead atoms. The minimum absolute atomic E-state index is 0.0616. The summed E-state index contributed by atoms with van der Waals surface area (Å²) in [7, 11) is -1.58. The van der Waals surface area contributed by atoms with Crippen LogP contribution in [0.5, 0.6) is 0 Å². The molecule has 0 amide bonds. The van der Waals surface area contributed by atoms with Gasteiger partial charge in [-0.2, -0.15) is 0 Å². The van der Waals surface area contributed by atoms with Gasteiger partial charge >= 0.3 is 0 Å². The van der Waals surface area contributed by atoms with Gasteiger partial charge in [0.2, 0.25) is 10.0 Å². The Hall–Kier alpha value is -0.910. The lowest BCUT2D eigenvalue weighted by Gasteiger charge is -2.29. The van der Waals surface area contributed by atoms with E-state index in [4.69, 9.17) is 4.74 Å². The van der Waals surface area contributed by atoms with E-state index in [0.717, 1.165) is 6.42 Å². The van der Waals surface area contributed by atoms with Crippen LogP contribution < -0.4 is 0 Å². The Kier molecular flexibility index (Phi) is 4.28. The van der Waals surface area contributed by atoms with E-state index in [9.17, 15) is 8.42 Å². The van der Waals surface area contributed by atoms with Crippen molar-refractivity contribution in [2.45, 2.75) is 38.2 Å². The zero-order valence-corrected chi connectivity index (χ0v) is 12.5. The topological polar surface area (TPSA) is 46.6 Å². The average Bonchev–Trinajstić information content (AvgIpc) is 2.38. The van der Waals surface area contributed by atoms with Gasteiger partial charge in [0.25, 0.3) is 0 Å². The molecule has 5 heteroatoms. The van der Waals surface area contributed by atoms with Crippen molar-refractivity contribution in [3.05, 3.63) is 35.4 Å². The van der Waals surface area contributed by atoms with Crippen LogP contribution in [-0.4, -0.2) is 37.7 Å². The summed E-state index contributed by atoms with van der Waals surface area (Å²) in [5.74, 6) is 0. The third kappa shape index (κ3) is 3.16. The smallest absolute Gasteiger partial charge is 0.216 e.